The van der Waals surface area contributed by atoms with Gasteiger partial charge in [-0.15, -0.1) is 0 Å². The number of nitrogens with zero attached hydrogens (tertiary/aromatic N) is 2. The summed E-state index contributed by atoms with van der Waals surface area (Å²) in [6, 6.07) is 6.22. The van der Waals surface area contributed by atoms with E-state index in [2.05, 4.69) is 0 Å². The highest BCUT2D eigenvalue weighted by Gasteiger charge is 2.47. The minimum Gasteiger partial charge on any atom is -0.489 e. The lowest BCUT2D eigenvalue weighted by molar-refractivity contribution is 0.0844. The Bertz CT molecular complexity index is 769. The molecule has 22 heavy (non-hydrogen) atoms. The van der Waals surface area contributed by atoms with Crippen LogP contribution in [0.4, 0.5) is 10.5 Å². The molecular weight excluding hydrogens is 312 g/mol. The molecule has 0 aromatic heterocycles. The van der Waals surface area contributed by atoms with Crippen molar-refractivity contribution in [3.8, 4) is 11.8 Å². The van der Waals surface area contributed by atoms with Gasteiger partial charge in [-0.1, -0.05) is 0 Å². The van der Waals surface area contributed by atoms with Crippen molar-refractivity contribution in [1.82, 2.24) is 0 Å². The smallest absolute Gasteiger partial charge is 0.415 e. The van der Waals surface area contributed by atoms with Crippen LogP contribution in [0.15, 0.2) is 18.2 Å². The average molecular weight is 324 g/mol. The van der Waals surface area contributed by atoms with Gasteiger partial charge in [0.2, 0.25) is 0 Å². The molecule has 0 radical (unpaired) electrons. The zero-order chi connectivity index (χ0) is 15.9. The maximum Gasteiger partial charge on any atom is 0.415 e. The molecule has 3 rings (SSSR count). The second-order valence-corrected chi connectivity index (χ2v) is 6.60. The lowest BCUT2D eigenvalue weighted by Crippen LogP contribution is -2.45. The van der Waals surface area contributed by atoms with Crippen LogP contribution < -0.4 is 9.64 Å². The van der Waals surface area contributed by atoms with Gasteiger partial charge >= 0.3 is 6.09 Å². The van der Waals surface area contributed by atoms with Crippen LogP contribution in [-0.2, 0) is 19.0 Å². The third-order valence-electron chi connectivity index (χ3n) is 3.41. The SMILES string of the molecule is CS(=O)(=O)OC[C@@H]1OC(=O)N2c3ccc(C#N)cc3OC[C@@H]12. The quantitative estimate of drug-likeness (QED) is 0.750. The number of anilines is 1. The number of benzene rings is 1. The molecule has 2 aliphatic heterocycles. The fourth-order valence-electron chi connectivity index (χ4n) is 2.43. The highest BCUT2D eigenvalue weighted by molar-refractivity contribution is 7.85. The zero-order valence-electron chi connectivity index (χ0n) is 11.6. The highest BCUT2D eigenvalue weighted by Crippen LogP contribution is 2.39. The van der Waals surface area contributed by atoms with Crippen LogP contribution in [-0.4, -0.2) is 46.1 Å². The Morgan fingerprint density at radius 2 is 2.27 bits per heavy atom. The standard InChI is InChI=1S/C13H12N2O6S/c1-22(17,18)20-7-12-10-6-19-11-4-8(5-14)2-3-9(11)15(10)13(16)21-12/h2-4,10,12H,6-7H2,1H3/t10-,12-/m0/s1. The van der Waals surface area contributed by atoms with E-state index in [0.29, 0.717) is 17.0 Å². The summed E-state index contributed by atoms with van der Waals surface area (Å²) in [6.07, 6.45) is -0.412. The summed E-state index contributed by atoms with van der Waals surface area (Å²) in [5.41, 5.74) is 0.906. The van der Waals surface area contributed by atoms with E-state index in [1.54, 1.807) is 18.2 Å². The van der Waals surface area contributed by atoms with E-state index in [4.69, 9.17) is 18.9 Å². The summed E-state index contributed by atoms with van der Waals surface area (Å²) in [7, 11) is -3.62. The Balaban J connectivity index is 1.86. The number of hydrogen-bond acceptors (Lipinski definition) is 7. The number of nitriles is 1. The van der Waals surface area contributed by atoms with E-state index in [-0.39, 0.29) is 13.2 Å². The third kappa shape index (κ3) is 2.58. The first-order valence-corrected chi connectivity index (χ1v) is 8.22. The minimum absolute atomic E-state index is 0.130. The van der Waals surface area contributed by atoms with Crippen LogP contribution in [0.3, 0.4) is 0 Å². The first-order valence-electron chi connectivity index (χ1n) is 6.40. The Hall–Kier alpha value is -2.31. The van der Waals surface area contributed by atoms with Crippen molar-refractivity contribution in [3.63, 3.8) is 0 Å². The largest absolute Gasteiger partial charge is 0.489 e. The summed E-state index contributed by atoms with van der Waals surface area (Å²) < 4.78 is 37.6. The summed E-state index contributed by atoms with van der Waals surface area (Å²) in [4.78, 5) is 13.4. The van der Waals surface area contributed by atoms with Crippen LogP contribution in [0.5, 0.6) is 5.75 Å². The fourth-order valence-corrected chi connectivity index (χ4v) is 2.82. The third-order valence-corrected chi connectivity index (χ3v) is 3.98. The monoisotopic (exact) mass is 324 g/mol. The van der Waals surface area contributed by atoms with Crippen LogP contribution in [0.25, 0.3) is 0 Å². The van der Waals surface area contributed by atoms with Crippen molar-refractivity contribution in [1.29, 1.82) is 5.26 Å². The number of hydrogen-bond donors (Lipinski definition) is 0. The van der Waals surface area contributed by atoms with Gasteiger partial charge in [-0.3, -0.25) is 9.08 Å². The number of cyclic esters (lactones) is 1. The van der Waals surface area contributed by atoms with E-state index >= 15 is 0 Å². The van der Waals surface area contributed by atoms with Gasteiger partial charge in [0.1, 0.15) is 25.0 Å². The lowest BCUT2D eigenvalue weighted by Gasteiger charge is -2.31. The maximum absolute atomic E-state index is 12.0. The van der Waals surface area contributed by atoms with Crippen LogP contribution >= 0.6 is 0 Å². The molecule has 0 aliphatic carbocycles. The first kappa shape index (κ1) is 14.6. The van der Waals surface area contributed by atoms with Gasteiger partial charge in [-0.05, 0) is 12.1 Å². The number of fused-ring (bicyclic) bond motifs is 3. The molecule has 116 valence electrons. The van der Waals surface area contributed by atoms with Crippen molar-refractivity contribution in [2.45, 2.75) is 12.1 Å². The molecule has 8 nitrogen and oxygen atoms in total. The molecular formula is C13H12N2O6S. The Morgan fingerprint density at radius 3 is 2.95 bits per heavy atom. The molecule has 9 heteroatoms. The molecule has 0 N–H and O–H groups in total. The molecule has 0 bridgehead atoms. The van der Waals surface area contributed by atoms with E-state index in [9.17, 15) is 13.2 Å². The summed E-state index contributed by atoms with van der Waals surface area (Å²) in [6.45, 7) is -0.133. The fraction of sp³-hybridized carbons (Fsp3) is 0.385. The van der Waals surface area contributed by atoms with E-state index < -0.39 is 28.4 Å². The molecule has 0 unspecified atom stereocenters. The molecule has 1 saturated heterocycles. The summed E-state index contributed by atoms with van der Waals surface area (Å²) >= 11 is 0. The molecule has 2 aliphatic rings. The second kappa shape index (κ2) is 5.15. The van der Waals surface area contributed by atoms with Crippen LogP contribution in [0.2, 0.25) is 0 Å². The van der Waals surface area contributed by atoms with Crippen molar-refractivity contribution in [3.05, 3.63) is 23.8 Å². The van der Waals surface area contributed by atoms with Gasteiger partial charge in [-0.2, -0.15) is 13.7 Å². The molecule has 1 aromatic rings. The molecule has 2 atom stereocenters. The second-order valence-electron chi connectivity index (χ2n) is 4.95. The number of amides is 1. The van der Waals surface area contributed by atoms with E-state index in [1.165, 1.54) is 4.90 Å². The molecule has 1 amide bonds. The maximum atomic E-state index is 12.0. The predicted octanol–water partition coefficient (Wildman–Crippen LogP) is 0.621. The van der Waals surface area contributed by atoms with Gasteiger partial charge < -0.3 is 9.47 Å². The topological polar surface area (TPSA) is 106 Å². The number of ether oxygens (including phenoxy) is 2. The Labute approximate surface area is 126 Å². The number of carbonyl (C=O) groups excluding carboxylic acids is 1. The van der Waals surface area contributed by atoms with Crippen LogP contribution in [0, 0.1) is 11.3 Å². The Morgan fingerprint density at radius 1 is 1.50 bits per heavy atom. The summed E-state index contributed by atoms with van der Waals surface area (Å²) in [5, 5.41) is 8.88. The van der Waals surface area contributed by atoms with E-state index in [1.807, 2.05) is 6.07 Å². The zero-order valence-corrected chi connectivity index (χ0v) is 12.4. The first-order chi connectivity index (χ1) is 10.4. The molecule has 1 aromatic carbocycles. The highest BCUT2D eigenvalue weighted by atomic mass is 32.2. The predicted molar refractivity (Wildman–Crippen MR) is 74.0 cm³/mol. The molecule has 0 spiro atoms. The summed E-state index contributed by atoms with van der Waals surface area (Å²) in [5.74, 6) is 0.414. The van der Waals surface area contributed by atoms with Gasteiger partial charge in [0, 0.05) is 6.07 Å². The molecule has 2 heterocycles. The molecule has 0 saturated carbocycles. The van der Waals surface area contributed by atoms with Crippen LogP contribution in [0.1, 0.15) is 5.56 Å². The Kier molecular flexibility index (Phi) is 3.42. The van der Waals surface area contributed by atoms with Crippen molar-refractivity contribution < 1.29 is 26.9 Å². The van der Waals surface area contributed by atoms with E-state index in [0.717, 1.165) is 6.26 Å². The van der Waals surface area contributed by atoms with Crippen molar-refractivity contribution in [2.24, 2.45) is 0 Å². The van der Waals surface area contributed by atoms with Gasteiger partial charge in [0.25, 0.3) is 10.1 Å². The minimum atomic E-state index is -3.62. The number of carbonyl (C=O) groups is 1. The average Bonchev–Trinajstić information content (AvgIpc) is 2.80. The number of rotatable bonds is 3. The van der Waals surface area contributed by atoms with Gasteiger partial charge in [-0.25, -0.2) is 4.79 Å². The lowest BCUT2D eigenvalue weighted by atomic mass is 10.1. The molecule has 1 fully saturated rings. The normalized spacial score (nSPS) is 23.1. The van der Waals surface area contributed by atoms with Crippen molar-refractivity contribution in [2.75, 3.05) is 24.4 Å². The van der Waals surface area contributed by atoms with Crippen molar-refractivity contribution >= 4 is 21.9 Å². The van der Waals surface area contributed by atoms with Gasteiger partial charge in [0.15, 0.2) is 6.10 Å². The van der Waals surface area contributed by atoms with Gasteiger partial charge in [0.05, 0.1) is 23.6 Å².